The van der Waals surface area contributed by atoms with Crippen LogP contribution in [0.25, 0.3) is 5.57 Å². The van der Waals surface area contributed by atoms with Crippen molar-refractivity contribution in [2.24, 2.45) is 0 Å². The number of allylic oxidation sites excluding steroid dienone is 2. The molecule has 1 aromatic heterocycles. The van der Waals surface area contributed by atoms with E-state index in [1.165, 1.54) is 18.4 Å². The quantitative estimate of drug-likeness (QED) is 0.764. The number of methoxy groups -OCH3 is 2. The lowest BCUT2D eigenvalue weighted by molar-refractivity contribution is 0.277. The average Bonchev–Trinajstić information content (AvgIpc) is 2.73. The third-order valence-corrected chi connectivity index (χ3v) is 2.68. The molecule has 2 rings (SSSR count). The molecule has 0 saturated carbocycles. The fourth-order valence-electron chi connectivity index (χ4n) is 1.86. The second-order valence-electron chi connectivity index (χ2n) is 3.65. The van der Waals surface area contributed by atoms with Crippen LogP contribution in [0.3, 0.4) is 0 Å². The Morgan fingerprint density at radius 2 is 2.07 bits per heavy atom. The molecule has 0 atom stereocenters. The molecule has 3 nitrogen and oxygen atoms in total. The van der Waals surface area contributed by atoms with E-state index < -0.39 is 0 Å². The molecule has 0 fully saturated rings. The molecule has 0 spiro atoms. The lowest BCUT2D eigenvalue weighted by Gasteiger charge is -2.09. The van der Waals surface area contributed by atoms with Gasteiger partial charge in [-0.3, -0.25) is 0 Å². The van der Waals surface area contributed by atoms with Crippen molar-refractivity contribution in [3.8, 4) is 11.7 Å². The van der Waals surface area contributed by atoms with Crippen molar-refractivity contribution in [1.29, 1.82) is 0 Å². The van der Waals surface area contributed by atoms with E-state index in [1.807, 2.05) is 6.07 Å². The van der Waals surface area contributed by atoms with Crippen LogP contribution in [0.4, 0.5) is 0 Å². The van der Waals surface area contributed by atoms with Crippen LogP contribution in [-0.4, -0.2) is 14.2 Å². The summed E-state index contributed by atoms with van der Waals surface area (Å²) in [7, 11) is 3.20. The number of rotatable bonds is 3. The largest absolute Gasteiger partial charge is 0.490 e. The molecule has 1 aromatic rings. The van der Waals surface area contributed by atoms with Crippen molar-refractivity contribution < 1.29 is 13.9 Å². The first-order chi connectivity index (χ1) is 7.35. The average molecular weight is 208 g/mol. The Morgan fingerprint density at radius 3 is 2.60 bits per heavy atom. The van der Waals surface area contributed by atoms with E-state index >= 15 is 0 Å². The molecule has 0 saturated heterocycles. The molecule has 82 valence electrons. The van der Waals surface area contributed by atoms with E-state index in [-0.39, 0.29) is 0 Å². The van der Waals surface area contributed by atoms with Crippen LogP contribution >= 0.6 is 0 Å². The van der Waals surface area contributed by atoms with Gasteiger partial charge in [-0.25, -0.2) is 0 Å². The molecular formula is C12H16O3. The molecule has 0 radical (unpaired) electrons. The van der Waals surface area contributed by atoms with Crippen molar-refractivity contribution in [2.75, 3.05) is 14.2 Å². The molecule has 0 amide bonds. The van der Waals surface area contributed by atoms with Crippen LogP contribution in [0, 0.1) is 0 Å². The molecule has 0 N–H and O–H groups in total. The fraction of sp³-hybridized carbons (Fsp3) is 0.500. The standard InChI is InChI=1S/C12H16O3/c1-13-11-8-10(15-12(11)14-2)9-6-4-3-5-7-9/h6,8H,3-5,7H2,1-2H3. The van der Waals surface area contributed by atoms with Gasteiger partial charge in [0.25, 0.3) is 0 Å². The zero-order valence-corrected chi connectivity index (χ0v) is 9.21. The van der Waals surface area contributed by atoms with Crippen LogP contribution < -0.4 is 9.47 Å². The van der Waals surface area contributed by atoms with Crippen molar-refractivity contribution >= 4 is 5.57 Å². The smallest absolute Gasteiger partial charge is 0.328 e. The maximum absolute atomic E-state index is 5.58. The molecule has 0 bridgehead atoms. The van der Waals surface area contributed by atoms with Crippen LogP contribution in [0.2, 0.25) is 0 Å². The van der Waals surface area contributed by atoms with Crippen molar-refractivity contribution in [1.82, 2.24) is 0 Å². The summed E-state index contributed by atoms with van der Waals surface area (Å²) in [4.78, 5) is 0. The third-order valence-electron chi connectivity index (χ3n) is 2.68. The van der Waals surface area contributed by atoms with Gasteiger partial charge in [-0.2, -0.15) is 0 Å². The zero-order valence-electron chi connectivity index (χ0n) is 9.21. The number of hydrogen-bond acceptors (Lipinski definition) is 3. The molecule has 1 aliphatic carbocycles. The van der Waals surface area contributed by atoms with Crippen LogP contribution in [0.1, 0.15) is 31.4 Å². The van der Waals surface area contributed by atoms with E-state index in [2.05, 4.69) is 6.08 Å². The van der Waals surface area contributed by atoms with E-state index in [0.29, 0.717) is 11.7 Å². The minimum atomic E-state index is 0.457. The van der Waals surface area contributed by atoms with Gasteiger partial charge in [0.2, 0.25) is 5.75 Å². The summed E-state index contributed by atoms with van der Waals surface area (Å²) < 4.78 is 15.8. The summed E-state index contributed by atoms with van der Waals surface area (Å²) >= 11 is 0. The van der Waals surface area contributed by atoms with Crippen molar-refractivity contribution in [3.63, 3.8) is 0 Å². The minimum absolute atomic E-state index is 0.457. The van der Waals surface area contributed by atoms with Crippen LogP contribution in [0.5, 0.6) is 11.7 Å². The van der Waals surface area contributed by atoms with Gasteiger partial charge in [-0.15, -0.1) is 0 Å². The Labute approximate surface area is 89.7 Å². The maximum Gasteiger partial charge on any atom is 0.328 e. The lowest BCUT2D eigenvalue weighted by Crippen LogP contribution is -1.89. The molecule has 0 aromatic carbocycles. The SMILES string of the molecule is COc1cc(C2=CCCCC2)oc1OC. The molecule has 1 aliphatic rings. The second kappa shape index (κ2) is 4.43. The summed E-state index contributed by atoms with van der Waals surface area (Å²) in [5.41, 5.74) is 1.27. The summed E-state index contributed by atoms with van der Waals surface area (Å²) in [6.07, 6.45) is 6.97. The van der Waals surface area contributed by atoms with Gasteiger partial charge >= 0.3 is 5.95 Å². The first-order valence-corrected chi connectivity index (χ1v) is 5.26. The molecule has 1 heterocycles. The van der Waals surface area contributed by atoms with Gasteiger partial charge in [-0.05, 0) is 31.3 Å². The summed E-state index contributed by atoms with van der Waals surface area (Å²) in [5.74, 6) is 2.00. The predicted molar refractivity (Wildman–Crippen MR) is 58.3 cm³/mol. The van der Waals surface area contributed by atoms with E-state index in [0.717, 1.165) is 18.6 Å². The van der Waals surface area contributed by atoms with Gasteiger partial charge in [0, 0.05) is 6.07 Å². The molecule has 3 heteroatoms. The van der Waals surface area contributed by atoms with Crippen LogP contribution in [0.15, 0.2) is 16.6 Å². The van der Waals surface area contributed by atoms with Gasteiger partial charge < -0.3 is 13.9 Å². The van der Waals surface area contributed by atoms with Gasteiger partial charge in [0.1, 0.15) is 5.76 Å². The van der Waals surface area contributed by atoms with Gasteiger partial charge in [0.15, 0.2) is 0 Å². The molecule has 15 heavy (non-hydrogen) atoms. The highest BCUT2D eigenvalue weighted by molar-refractivity contribution is 5.64. The highest BCUT2D eigenvalue weighted by Gasteiger charge is 2.16. The highest BCUT2D eigenvalue weighted by atomic mass is 16.6. The molecule has 0 unspecified atom stereocenters. The van der Waals surface area contributed by atoms with Crippen LogP contribution in [-0.2, 0) is 0 Å². The Bertz CT molecular complexity index is 341. The third kappa shape index (κ3) is 2.01. The predicted octanol–water partition coefficient (Wildman–Crippen LogP) is 3.25. The molecular weight excluding hydrogens is 192 g/mol. The van der Waals surface area contributed by atoms with E-state index in [1.54, 1.807) is 14.2 Å². The van der Waals surface area contributed by atoms with E-state index in [4.69, 9.17) is 13.9 Å². The lowest BCUT2D eigenvalue weighted by atomic mass is 9.98. The second-order valence-corrected chi connectivity index (χ2v) is 3.65. The minimum Gasteiger partial charge on any atom is -0.490 e. The number of ether oxygens (including phenoxy) is 2. The zero-order chi connectivity index (χ0) is 10.7. The summed E-state index contributed by atoms with van der Waals surface area (Å²) in [6, 6.07) is 1.90. The Kier molecular flexibility index (Phi) is 2.99. The van der Waals surface area contributed by atoms with E-state index in [9.17, 15) is 0 Å². The van der Waals surface area contributed by atoms with Gasteiger partial charge in [-0.1, -0.05) is 6.08 Å². The summed E-state index contributed by atoms with van der Waals surface area (Å²) in [5, 5.41) is 0. The van der Waals surface area contributed by atoms with Gasteiger partial charge in [0.05, 0.1) is 14.2 Å². The Balaban J connectivity index is 2.28. The number of furan rings is 1. The first kappa shape index (κ1) is 10.1. The molecule has 0 aliphatic heterocycles. The topological polar surface area (TPSA) is 31.6 Å². The maximum atomic E-state index is 5.58. The Morgan fingerprint density at radius 1 is 1.20 bits per heavy atom. The summed E-state index contributed by atoms with van der Waals surface area (Å²) in [6.45, 7) is 0. The number of hydrogen-bond donors (Lipinski definition) is 0. The van der Waals surface area contributed by atoms with Crippen molar-refractivity contribution in [3.05, 3.63) is 17.9 Å². The monoisotopic (exact) mass is 208 g/mol. The first-order valence-electron chi connectivity index (χ1n) is 5.26. The fourth-order valence-corrected chi connectivity index (χ4v) is 1.86. The van der Waals surface area contributed by atoms with Crippen molar-refractivity contribution in [2.45, 2.75) is 25.7 Å². The Hall–Kier alpha value is -1.38. The highest BCUT2D eigenvalue weighted by Crippen LogP contribution is 2.37. The normalized spacial score (nSPS) is 16.0.